The summed E-state index contributed by atoms with van der Waals surface area (Å²) < 4.78 is 16.1. The van der Waals surface area contributed by atoms with Gasteiger partial charge in [0.05, 0.1) is 23.7 Å². The van der Waals surface area contributed by atoms with E-state index in [1.54, 1.807) is 20.8 Å². The third kappa shape index (κ3) is 6.14. The molecule has 0 bridgehead atoms. The molecule has 2 aromatic carbocycles. The van der Waals surface area contributed by atoms with Crippen LogP contribution in [0.5, 0.6) is 17.2 Å². The maximum absolute atomic E-state index is 12.6. The van der Waals surface area contributed by atoms with Gasteiger partial charge in [-0.25, -0.2) is 4.79 Å². The van der Waals surface area contributed by atoms with E-state index in [1.807, 2.05) is 0 Å². The number of halogens is 1. The molecule has 2 atom stereocenters. The van der Waals surface area contributed by atoms with Crippen molar-refractivity contribution in [3.05, 3.63) is 57.1 Å². The SMILES string of the molecule is COc1cc(C(=O)OC(C)C(=O)NC(C)(C#N)C(C)C)ccc1Oc1ccc(Cl)cc1[N+](=O)[O-]. The molecule has 0 aliphatic heterocycles. The van der Waals surface area contributed by atoms with Gasteiger partial charge in [0.15, 0.2) is 17.6 Å². The zero-order valence-corrected chi connectivity index (χ0v) is 20.0. The van der Waals surface area contributed by atoms with Gasteiger partial charge < -0.3 is 19.5 Å². The monoisotopic (exact) mass is 489 g/mol. The molecule has 0 saturated carbocycles. The lowest BCUT2D eigenvalue weighted by Crippen LogP contribution is -2.52. The van der Waals surface area contributed by atoms with Crippen molar-refractivity contribution in [2.45, 2.75) is 39.3 Å². The number of nitro benzene ring substituents is 1. The molecule has 0 aromatic heterocycles. The molecule has 0 spiro atoms. The number of rotatable bonds is 9. The maximum atomic E-state index is 12.6. The van der Waals surface area contributed by atoms with E-state index in [1.165, 1.54) is 44.4 Å². The van der Waals surface area contributed by atoms with Crippen LogP contribution < -0.4 is 14.8 Å². The molecule has 10 nitrogen and oxygen atoms in total. The van der Waals surface area contributed by atoms with Crippen molar-refractivity contribution in [1.29, 1.82) is 5.26 Å². The van der Waals surface area contributed by atoms with Gasteiger partial charge in [-0.15, -0.1) is 0 Å². The summed E-state index contributed by atoms with van der Waals surface area (Å²) >= 11 is 5.82. The molecule has 2 aromatic rings. The van der Waals surface area contributed by atoms with Crippen LogP contribution in [0.2, 0.25) is 5.02 Å². The molecule has 0 radical (unpaired) electrons. The molecule has 0 saturated heterocycles. The number of esters is 1. The Morgan fingerprint density at radius 2 is 1.79 bits per heavy atom. The molecule has 2 rings (SSSR count). The second-order valence-electron chi connectivity index (χ2n) is 7.84. The number of hydrogen-bond acceptors (Lipinski definition) is 8. The summed E-state index contributed by atoms with van der Waals surface area (Å²) in [7, 11) is 1.33. The molecule has 0 aliphatic rings. The maximum Gasteiger partial charge on any atom is 0.339 e. The van der Waals surface area contributed by atoms with E-state index in [9.17, 15) is 25.0 Å². The number of nitriles is 1. The van der Waals surface area contributed by atoms with Crippen LogP contribution >= 0.6 is 11.6 Å². The van der Waals surface area contributed by atoms with E-state index in [0.29, 0.717) is 0 Å². The highest BCUT2D eigenvalue weighted by atomic mass is 35.5. The first kappa shape index (κ1) is 26.4. The number of methoxy groups -OCH3 is 1. The number of nitrogens with one attached hydrogen (secondary N) is 1. The second-order valence-corrected chi connectivity index (χ2v) is 8.28. The Bertz CT molecular complexity index is 1150. The number of benzene rings is 2. The van der Waals surface area contributed by atoms with Crippen molar-refractivity contribution in [2.24, 2.45) is 5.92 Å². The highest BCUT2D eigenvalue weighted by Crippen LogP contribution is 2.38. The molecule has 34 heavy (non-hydrogen) atoms. The summed E-state index contributed by atoms with van der Waals surface area (Å²) in [5.74, 6) is -1.46. The third-order valence-corrected chi connectivity index (χ3v) is 5.39. The standard InChI is InChI=1S/C23H24ClN3O7/c1-13(2)23(4,12-25)26-21(28)14(3)33-22(29)15-6-8-19(20(10-15)32-5)34-18-9-7-16(24)11-17(18)27(30)31/h6-11,13-14H,1-5H3,(H,26,28). The van der Waals surface area contributed by atoms with Gasteiger partial charge in [0.25, 0.3) is 5.91 Å². The fourth-order valence-electron chi connectivity index (χ4n) is 2.66. The number of nitro groups is 1. The lowest BCUT2D eigenvalue weighted by atomic mass is 9.90. The number of amides is 1. The lowest BCUT2D eigenvalue weighted by molar-refractivity contribution is -0.385. The summed E-state index contributed by atoms with van der Waals surface area (Å²) in [5.41, 5.74) is -1.41. The average molecular weight is 490 g/mol. The van der Waals surface area contributed by atoms with Gasteiger partial charge >= 0.3 is 11.7 Å². The van der Waals surface area contributed by atoms with E-state index >= 15 is 0 Å². The van der Waals surface area contributed by atoms with E-state index in [-0.39, 0.29) is 39.4 Å². The molecular formula is C23H24ClN3O7. The van der Waals surface area contributed by atoms with E-state index in [2.05, 4.69) is 11.4 Å². The Balaban J connectivity index is 2.19. The van der Waals surface area contributed by atoms with Crippen molar-refractivity contribution in [3.8, 4) is 23.3 Å². The van der Waals surface area contributed by atoms with E-state index in [4.69, 9.17) is 25.8 Å². The summed E-state index contributed by atoms with van der Waals surface area (Å²) in [6.07, 6.45) is -1.17. The quantitative estimate of drug-likeness (QED) is 0.305. The van der Waals surface area contributed by atoms with Crippen LogP contribution in [0.3, 0.4) is 0 Å². The fraction of sp³-hybridized carbons (Fsp3) is 0.348. The van der Waals surface area contributed by atoms with E-state index in [0.717, 1.165) is 6.07 Å². The van der Waals surface area contributed by atoms with Crippen LogP contribution in [0.4, 0.5) is 5.69 Å². The second kappa shape index (κ2) is 10.9. The molecule has 0 heterocycles. The van der Waals surface area contributed by atoms with Crippen LogP contribution in [0, 0.1) is 27.4 Å². The molecule has 1 amide bonds. The molecule has 180 valence electrons. The molecule has 2 unspecified atom stereocenters. The smallest absolute Gasteiger partial charge is 0.339 e. The van der Waals surface area contributed by atoms with Crippen LogP contribution in [0.25, 0.3) is 0 Å². The molecule has 0 fully saturated rings. The topological polar surface area (TPSA) is 141 Å². The molecule has 1 N–H and O–H groups in total. The molecular weight excluding hydrogens is 466 g/mol. The normalized spacial score (nSPS) is 13.2. The number of nitrogens with zero attached hydrogens (tertiary/aromatic N) is 2. The first-order chi connectivity index (χ1) is 15.9. The first-order valence-electron chi connectivity index (χ1n) is 10.2. The summed E-state index contributed by atoms with van der Waals surface area (Å²) in [4.78, 5) is 35.7. The van der Waals surface area contributed by atoms with Gasteiger partial charge in [-0.2, -0.15) is 5.26 Å². The minimum atomic E-state index is -1.17. The summed E-state index contributed by atoms with van der Waals surface area (Å²) in [6.45, 7) is 6.54. The Labute approximate surface area is 201 Å². The van der Waals surface area contributed by atoms with Crippen molar-refractivity contribution < 1.29 is 28.7 Å². The predicted molar refractivity (Wildman–Crippen MR) is 123 cm³/mol. The van der Waals surface area contributed by atoms with Gasteiger partial charge in [0.2, 0.25) is 5.75 Å². The van der Waals surface area contributed by atoms with Crippen molar-refractivity contribution in [1.82, 2.24) is 5.32 Å². The fourth-order valence-corrected chi connectivity index (χ4v) is 2.82. The van der Waals surface area contributed by atoms with Crippen LogP contribution in [-0.2, 0) is 9.53 Å². The number of ether oxygens (including phenoxy) is 3. The Morgan fingerprint density at radius 3 is 2.35 bits per heavy atom. The van der Waals surface area contributed by atoms with Gasteiger partial charge in [-0.1, -0.05) is 25.4 Å². The van der Waals surface area contributed by atoms with Crippen molar-refractivity contribution in [3.63, 3.8) is 0 Å². The summed E-state index contributed by atoms with van der Waals surface area (Å²) in [6, 6.07) is 10.0. The predicted octanol–water partition coefficient (Wildman–Crippen LogP) is 4.65. The van der Waals surface area contributed by atoms with E-state index < -0.39 is 28.4 Å². The Hall–Kier alpha value is -3.84. The Morgan fingerprint density at radius 1 is 1.15 bits per heavy atom. The first-order valence-corrected chi connectivity index (χ1v) is 10.5. The van der Waals surface area contributed by atoms with Gasteiger partial charge in [-0.3, -0.25) is 14.9 Å². The van der Waals surface area contributed by atoms with Crippen LogP contribution in [0.15, 0.2) is 36.4 Å². The Kier molecular flexibility index (Phi) is 8.43. The highest BCUT2D eigenvalue weighted by molar-refractivity contribution is 6.30. The van der Waals surface area contributed by atoms with Crippen LogP contribution in [-0.4, -0.2) is 35.6 Å². The number of carbonyl (C=O) groups is 2. The summed E-state index contributed by atoms with van der Waals surface area (Å²) in [5, 5.41) is 23.4. The van der Waals surface area contributed by atoms with Crippen molar-refractivity contribution in [2.75, 3.05) is 7.11 Å². The minimum absolute atomic E-state index is 0.0568. The minimum Gasteiger partial charge on any atom is -0.493 e. The van der Waals surface area contributed by atoms with Gasteiger partial charge in [0, 0.05) is 11.1 Å². The highest BCUT2D eigenvalue weighted by Gasteiger charge is 2.32. The lowest BCUT2D eigenvalue weighted by Gasteiger charge is -2.28. The van der Waals surface area contributed by atoms with Crippen LogP contribution in [0.1, 0.15) is 38.1 Å². The third-order valence-electron chi connectivity index (χ3n) is 5.16. The zero-order valence-electron chi connectivity index (χ0n) is 19.2. The number of hydrogen-bond donors (Lipinski definition) is 1. The zero-order chi connectivity index (χ0) is 25.6. The molecule has 0 aliphatic carbocycles. The molecule has 11 heteroatoms. The number of carbonyl (C=O) groups excluding carboxylic acids is 2. The largest absolute Gasteiger partial charge is 0.493 e. The van der Waals surface area contributed by atoms with Gasteiger partial charge in [-0.05, 0) is 50.1 Å². The average Bonchev–Trinajstić information content (AvgIpc) is 2.79. The van der Waals surface area contributed by atoms with Crippen molar-refractivity contribution >= 4 is 29.2 Å². The van der Waals surface area contributed by atoms with Gasteiger partial charge in [0.1, 0.15) is 5.54 Å².